The molecule has 1 amide bonds. The minimum Gasteiger partial charge on any atom is -0.375 e. The fraction of sp³-hybridized carbons (Fsp3) is 0.588. The summed E-state index contributed by atoms with van der Waals surface area (Å²) < 4.78 is 11.2. The van der Waals surface area contributed by atoms with E-state index in [1.165, 1.54) is 0 Å². The van der Waals surface area contributed by atoms with E-state index in [1.807, 2.05) is 35.2 Å². The number of nitrogens with one attached hydrogen (secondary N) is 1. The minimum absolute atomic E-state index is 0.00622. The molecule has 2 aliphatic rings. The smallest absolute Gasteiger partial charge is 0.253 e. The first kappa shape index (κ1) is 15.5. The number of hydrogen-bond acceptors (Lipinski definition) is 4. The molecule has 1 atom stereocenters. The Balaban J connectivity index is 1.79. The van der Waals surface area contributed by atoms with Crippen LogP contribution in [0.3, 0.4) is 0 Å². The predicted octanol–water partition coefficient (Wildman–Crippen LogP) is 1.58. The molecular formula is C17H24N2O3. The number of benzene rings is 1. The molecule has 2 fully saturated rings. The number of methoxy groups -OCH3 is 1. The first-order valence-electron chi connectivity index (χ1n) is 7.95. The highest BCUT2D eigenvalue weighted by Gasteiger charge is 2.44. The van der Waals surface area contributed by atoms with Gasteiger partial charge in [-0.2, -0.15) is 0 Å². The predicted molar refractivity (Wildman–Crippen MR) is 85.0 cm³/mol. The minimum atomic E-state index is -0.0592. The van der Waals surface area contributed by atoms with Crippen molar-refractivity contribution in [2.45, 2.75) is 30.9 Å². The van der Waals surface area contributed by atoms with Crippen molar-refractivity contribution in [1.29, 1.82) is 0 Å². The molecule has 0 unspecified atom stereocenters. The van der Waals surface area contributed by atoms with Crippen LogP contribution in [0.4, 0.5) is 5.69 Å². The second-order valence-electron chi connectivity index (χ2n) is 6.13. The van der Waals surface area contributed by atoms with Crippen molar-refractivity contribution in [2.24, 2.45) is 0 Å². The fourth-order valence-corrected chi connectivity index (χ4v) is 3.56. The average Bonchev–Trinajstić information content (AvgIpc) is 2.93. The third-order valence-corrected chi connectivity index (χ3v) is 4.64. The first-order chi connectivity index (χ1) is 10.7. The lowest BCUT2D eigenvalue weighted by Gasteiger charge is -2.34. The molecule has 22 heavy (non-hydrogen) atoms. The number of piperidine rings is 1. The Bertz CT molecular complexity index is 500. The third kappa shape index (κ3) is 3.16. The standard InChI is InChI=1S/C17H24N2O3/c1-21-13-16(20)19(14-5-3-2-4-6-14)15-11-17(22-12-15)7-9-18-10-8-17/h2-6,15,18H,7-13H2,1H3/t15-/m0/s1. The van der Waals surface area contributed by atoms with Gasteiger partial charge in [-0.1, -0.05) is 18.2 Å². The molecule has 1 aromatic rings. The summed E-state index contributed by atoms with van der Waals surface area (Å²) in [7, 11) is 1.56. The Labute approximate surface area is 131 Å². The van der Waals surface area contributed by atoms with Crippen LogP contribution in [0.15, 0.2) is 30.3 Å². The van der Waals surface area contributed by atoms with E-state index in [9.17, 15) is 4.79 Å². The average molecular weight is 304 g/mol. The molecule has 1 N–H and O–H groups in total. The Kier molecular flexibility index (Phi) is 4.76. The molecule has 0 bridgehead atoms. The van der Waals surface area contributed by atoms with Crippen molar-refractivity contribution in [3.63, 3.8) is 0 Å². The number of para-hydroxylation sites is 1. The van der Waals surface area contributed by atoms with E-state index in [1.54, 1.807) is 7.11 Å². The maximum atomic E-state index is 12.5. The van der Waals surface area contributed by atoms with Gasteiger partial charge < -0.3 is 19.7 Å². The molecule has 5 heteroatoms. The van der Waals surface area contributed by atoms with Crippen molar-refractivity contribution in [3.8, 4) is 0 Å². The Morgan fingerprint density at radius 3 is 2.77 bits per heavy atom. The highest BCUT2D eigenvalue weighted by Crippen LogP contribution is 2.37. The van der Waals surface area contributed by atoms with Gasteiger partial charge in [-0.15, -0.1) is 0 Å². The monoisotopic (exact) mass is 304 g/mol. The lowest BCUT2D eigenvalue weighted by Crippen LogP contribution is -2.45. The number of ether oxygens (including phenoxy) is 2. The van der Waals surface area contributed by atoms with E-state index in [-0.39, 0.29) is 24.2 Å². The van der Waals surface area contributed by atoms with Crippen molar-refractivity contribution >= 4 is 11.6 Å². The van der Waals surface area contributed by atoms with Gasteiger partial charge in [-0.25, -0.2) is 0 Å². The van der Waals surface area contributed by atoms with Crippen molar-refractivity contribution < 1.29 is 14.3 Å². The van der Waals surface area contributed by atoms with Crippen molar-refractivity contribution in [2.75, 3.05) is 38.3 Å². The molecule has 0 aliphatic carbocycles. The maximum Gasteiger partial charge on any atom is 0.253 e. The topological polar surface area (TPSA) is 50.8 Å². The van der Waals surface area contributed by atoms with Crippen LogP contribution in [0.5, 0.6) is 0 Å². The molecule has 1 aromatic carbocycles. The SMILES string of the molecule is COCC(=O)N(c1ccccc1)[C@@H]1COC2(CCNCC2)C1. The van der Waals surface area contributed by atoms with Crippen LogP contribution in [0.1, 0.15) is 19.3 Å². The van der Waals surface area contributed by atoms with E-state index in [4.69, 9.17) is 9.47 Å². The maximum absolute atomic E-state index is 12.5. The number of hydrogen-bond donors (Lipinski definition) is 1. The Morgan fingerprint density at radius 1 is 1.36 bits per heavy atom. The molecule has 120 valence electrons. The fourth-order valence-electron chi connectivity index (χ4n) is 3.56. The van der Waals surface area contributed by atoms with Gasteiger partial charge in [-0.3, -0.25) is 4.79 Å². The summed E-state index contributed by atoms with van der Waals surface area (Å²) in [6, 6.07) is 9.91. The molecular weight excluding hydrogens is 280 g/mol. The molecule has 3 rings (SSSR count). The van der Waals surface area contributed by atoms with Gasteiger partial charge in [0.25, 0.3) is 5.91 Å². The van der Waals surface area contributed by atoms with Gasteiger partial charge in [0.1, 0.15) is 6.61 Å². The number of rotatable bonds is 4. The van der Waals surface area contributed by atoms with Crippen LogP contribution >= 0.6 is 0 Å². The summed E-state index contributed by atoms with van der Waals surface area (Å²) in [5, 5.41) is 3.37. The second kappa shape index (κ2) is 6.77. The third-order valence-electron chi connectivity index (χ3n) is 4.64. The van der Waals surface area contributed by atoms with Gasteiger partial charge in [0.05, 0.1) is 18.2 Å². The van der Waals surface area contributed by atoms with E-state index in [0.29, 0.717) is 6.61 Å². The molecule has 0 radical (unpaired) electrons. The van der Waals surface area contributed by atoms with Crippen LogP contribution in [0.25, 0.3) is 0 Å². The quantitative estimate of drug-likeness (QED) is 0.917. The van der Waals surface area contributed by atoms with E-state index in [0.717, 1.165) is 38.0 Å². The number of nitrogens with zero attached hydrogens (tertiary/aromatic N) is 1. The summed E-state index contributed by atoms with van der Waals surface area (Å²) >= 11 is 0. The van der Waals surface area contributed by atoms with Gasteiger partial charge in [0.2, 0.25) is 0 Å². The number of amides is 1. The van der Waals surface area contributed by atoms with Crippen molar-refractivity contribution in [3.05, 3.63) is 30.3 Å². The van der Waals surface area contributed by atoms with E-state index >= 15 is 0 Å². The highest BCUT2D eigenvalue weighted by molar-refractivity contribution is 5.95. The summed E-state index contributed by atoms with van der Waals surface area (Å²) in [5.41, 5.74) is 0.861. The zero-order valence-corrected chi connectivity index (χ0v) is 13.1. The molecule has 0 saturated carbocycles. The number of carbonyl (C=O) groups excluding carboxylic acids is 1. The van der Waals surface area contributed by atoms with Crippen LogP contribution in [-0.4, -0.2) is 51.0 Å². The highest BCUT2D eigenvalue weighted by atomic mass is 16.5. The number of anilines is 1. The van der Waals surface area contributed by atoms with E-state index < -0.39 is 0 Å². The summed E-state index contributed by atoms with van der Waals surface area (Å²) in [6.07, 6.45) is 2.94. The zero-order chi connectivity index (χ0) is 15.4. The van der Waals surface area contributed by atoms with E-state index in [2.05, 4.69) is 5.32 Å². The molecule has 2 heterocycles. The molecule has 1 spiro atoms. The van der Waals surface area contributed by atoms with Crippen LogP contribution in [0, 0.1) is 0 Å². The molecule has 5 nitrogen and oxygen atoms in total. The first-order valence-corrected chi connectivity index (χ1v) is 7.95. The lowest BCUT2D eigenvalue weighted by molar-refractivity contribution is -0.122. The summed E-state index contributed by atoms with van der Waals surface area (Å²) in [4.78, 5) is 14.4. The zero-order valence-electron chi connectivity index (χ0n) is 13.1. The van der Waals surface area contributed by atoms with Crippen LogP contribution in [0.2, 0.25) is 0 Å². The van der Waals surface area contributed by atoms with Gasteiger partial charge in [0, 0.05) is 12.8 Å². The Hall–Kier alpha value is -1.43. The molecule has 0 aromatic heterocycles. The van der Waals surface area contributed by atoms with Crippen LogP contribution in [-0.2, 0) is 14.3 Å². The van der Waals surface area contributed by atoms with Gasteiger partial charge in [-0.05, 0) is 44.5 Å². The molecule has 2 aliphatic heterocycles. The van der Waals surface area contributed by atoms with Crippen LogP contribution < -0.4 is 10.2 Å². The molecule has 2 saturated heterocycles. The van der Waals surface area contributed by atoms with Gasteiger partial charge in [0.15, 0.2) is 0 Å². The summed E-state index contributed by atoms with van der Waals surface area (Å²) in [5.74, 6) is -0.00622. The lowest BCUT2D eigenvalue weighted by atomic mass is 9.88. The normalized spacial score (nSPS) is 23.6. The Morgan fingerprint density at radius 2 is 2.09 bits per heavy atom. The second-order valence-corrected chi connectivity index (χ2v) is 6.13. The number of carbonyl (C=O) groups is 1. The van der Waals surface area contributed by atoms with Crippen molar-refractivity contribution in [1.82, 2.24) is 5.32 Å². The van der Waals surface area contributed by atoms with Gasteiger partial charge >= 0.3 is 0 Å². The summed E-state index contributed by atoms with van der Waals surface area (Å²) in [6.45, 7) is 2.68. The largest absolute Gasteiger partial charge is 0.375 e.